The molecular weight excluding hydrogens is 224 g/mol. The van der Waals surface area contributed by atoms with Gasteiger partial charge in [-0.2, -0.15) is 0 Å². The minimum Gasteiger partial charge on any atom is -0.461 e. The van der Waals surface area contributed by atoms with Crippen LogP contribution in [-0.2, 0) is 9.53 Å². The van der Waals surface area contributed by atoms with Crippen molar-refractivity contribution in [2.45, 2.75) is 62.8 Å². The monoisotopic (exact) mass is 242 g/mol. The maximum Gasteiger partial charge on any atom is 0.293 e. The van der Waals surface area contributed by atoms with Gasteiger partial charge in [-0.25, -0.2) is 0 Å². The van der Waals surface area contributed by atoms with E-state index >= 15 is 0 Å². The average Bonchev–Trinajstić information content (AvgIpc) is 1.91. The van der Waals surface area contributed by atoms with Gasteiger partial charge in [0.25, 0.3) is 6.47 Å². The summed E-state index contributed by atoms with van der Waals surface area (Å²) in [4.78, 5) is 10.6. The van der Waals surface area contributed by atoms with Crippen molar-refractivity contribution in [2.24, 2.45) is 10.8 Å². The lowest BCUT2D eigenvalue weighted by Gasteiger charge is -2.66. The maximum absolute atomic E-state index is 10.7. The third kappa shape index (κ3) is 1.42. The Labute approximate surface area is 102 Å². The van der Waals surface area contributed by atoms with Crippen LogP contribution in [0.4, 0.5) is 0 Å². The van der Waals surface area contributed by atoms with Gasteiger partial charge in [0.15, 0.2) is 0 Å². The molecule has 0 heterocycles. The summed E-state index contributed by atoms with van der Waals surface area (Å²) < 4.78 is 5.47. The molecule has 2 unspecified atom stereocenters. The molecule has 2 atom stereocenters. The van der Waals surface area contributed by atoms with Crippen LogP contribution < -0.4 is 0 Å². The predicted molar refractivity (Wildman–Crippen MR) is 62.4 cm³/mol. The molecule has 0 aromatic rings. The van der Waals surface area contributed by atoms with E-state index in [9.17, 15) is 4.79 Å². The van der Waals surface area contributed by atoms with E-state index in [4.69, 9.17) is 16.3 Å². The second kappa shape index (κ2) is 2.77. The number of carbonyl (C=O) groups is 1. The van der Waals surface area contributed by atoms with Crippen molar-refractivity contribution >= 4 is 18.1 Å². The molecule has 4 saturated carbocycles. The molecule has 4 bridgehead atoms. The molecule has 0 radical (unpaired) electrons. The molecule has 16 heavy (non-hydrogen) atoms. The smallest absolute Gasteiger partial charge is 0.293 e. The van der Waals surface area contributed by atoms with Crippen molar-refractivity contribution in [3.05, 3.63) is 0 Å². The lowest BCUT2D eigenvalue weighted by molar-refractivity contribution is -0.200. The van der Waals surface area contributed by atoms with Gasteiger partial charge in [-0.1, -0.05) is 13.8 Å². The number of rotatable bonds is 2. The lowest BCUT2D eigenvalue weighted by atomic mass is 9.43. The van der Waals surface area contributed by atoms with Gasteiger partial charge < -0.3 is 4.74 Å². The van der Waals surface area contributed by atoms with Gasteiger partial charge in [0.2, 0.25) is 0 Å². The average molecular weight is 243 g/mol. The van der Waals surface area contributed by atoms with Crippen LogP contribution in [0.3, 0.4) is 0 Å². The van der Waals surface area contributed by atoms with Crippen molar-refractivity contribution in [1.82, 2.24) is 0 Å². The fourth-order valence-electron chi connectivity index (χ4n) is 5.67. The molecule has 0 aromatic heterocycles. The lowest BCUT2D eigenvalue weighted by Crippen LogP contribution is -2.64. The molecule has 0 aromatic carbocycles. The number of hydrogen-bond donors (Lipinski definition) is 0. The Morgan fingerprint density at radius 2 is 1.56 bits per heavy atom. The Kier molecular flexibility index (Phi) is 1.88. The summed E-state index contributed by atoms with van der Waals surface area (Å²) in [5.74, 6) is 0. The van der Waals surface area contributed by atoms with Crippen LogP contribution in [0.1, 0.15) is 52.4 Å². The largest absolute Gasteiger partial charge is 0.461 e. The van der Waals surface area contributed by atoms with E-state index in [2.05, 4.69) is 13.8 Å². The minimum absolute atomic E-state index is 0.124. The number of ether oxygens (including phenoxy) is 1. The quantitative estimate of drug-likeness (QED) is 0.549. The van der Waals surface area contributed by atoms with Crippen molar-refractivity contribution in [3.63, 3.8) is 0 Å². The first-order chi connectivity index (χ1) is 7.30. The third-order valence-corrected chi connectivity index (χ3v) is 5.18. The van der Waals surface area contributed by atoms with E-state index in [1.807, 2.05) is 0 Å². The molecule has 4 aliphatic rings. The van der Waals surface area contributed by atoms with Crippen LogP contribution in [0.5, 0.6) is 0 Å². The minimum atomic E-state index is -0.262. The molecule has 0 saturated heterocycles. The topological polar surface area (TPSA) is 26.3 Å². The van der Waals surface area contributed by atoms with Gasteiger partial charge in [0.1, 0.15) is 5.60 Å². The normalized spacial score (nSPS) is 58.7. The SMILES string of the molecule is CC12CC3(C)CC(Cl)(C1)CC(OC=O)(C2)C3. The molecule has 0 amide bonds. The first-order valence-corrected chi connectivity index (χ1v) is 6.49. The Bertz CT molecular complexity index is 298. The molecule has 90 valence electrons. The third-order valence-electron chi connectivity index (χ3n) is 4.78. The van der Waals surface area contributed by atoms with Gasteiger partial charge in [0, 0.05) is 11.3 Å². The summed E-state index contributed by atoms with van der Waals surface area (Å²) in [7, 11) is 0. The molecule has 4 fully saturated rings. The zero-order valence-corrected chi connectivity index (χ0v) is 10.8. The second-order valence-electron chi connectivity index (χ2n) is 7.23. The molecule has 0 aliphatic heterocycles. The van der Waals surface area contributed by atoms with Crippen molar-refractivity contribution < 1.29 is 9.53 Å². The van der Waals surface area contributed by atoms with Crippen molar-refractivity contribution in [1.29, 1.82) is 0 Å². The van der Waals surface area contributed by atoms with Crippen molar-refractivity contribution in [2.75, 3.05) is 0 Å². The molecular formula is C13H19ClO2. The molecule has 0 N–H and O–H groups in total. The Hall–Kier alpha value is -0.240. The van der Waals surface area contributed by atoms with E-state index in [-0.39, 0.29) is 21.3 Å². The van der Waals surface area contributed by atoms with Crippen molar-refractivity contribution in [3.8, 4) is 0 Å². The second-order valence-corrected chi connectivity index (χ2v) is 8.03. The highest BCUT2D eigenvalue weighted by atomic mass is 35.5. The fourth-order valence-corrected chi connectivity index (χ4v) is 6.56. The van der Waals surface area contributed by atoms with E-state index in [1.165, 1.54) is 6.42 Å². The van der Waals surface area contributed by atoms with Gasteiger partial charge >= 0.3 is 0 Å². The molecule has 4 rings (SSSR count). The first kappa shape index (κ1) is 10.9. The van der Waals surface area contributed by atoms with Gasteiger partial charge in [-0.3, -0.25) is 4.79 Å². The highest BCUT2D eigenvalue weighted by molar-refractivity contribution is 6.24. The van der Waals surface area contributed by atoms with E-state index < -0.39 is 0 Å². The Morgan fingerprint density at radius 3 is 2.00 bits per heavy atom. The van der Waals surface area contributed by atoms with E-state index in [0.29, 0.717) is 6.47 Å². The van der Waals surface area contributed by atoms with Crippen LogP contribution >= 0.6 is 11.6 Å². The van der Waals surface area contributed by atoms with Gasteiger partial charge in [-0.15, -0.1) is 11.6 Å². The van der Waals surface area contributed by atoms with Crippen LogP contribution in [0, 0.1) is 10.8 Å². The standard InChI is InChI=1S/C13H19ClO2/c1-10-3-11(2)5-12(14,4-10)8-13(6-10,7-11)16-9-15/h9H,3-8H2,1-2H3. The zero-order valence-electron chi connectivity index (χ0n) is 10.0. The molecule has 0 spiro atoms. The highest BCUT2D eigenvalue weighted by Gasteiger charge is 2.66. The van der Waals surface area contributed by atoms with Gasteiger partial charge in [-0.05, 0) is 42.9 Å². The van der Waals surface area contributed by atoms with Crippen LogP contribution in [0.25, 0.3) is 0 Å². The molecule has 3 heteroatoms. The molecule has 4 aliphatic carbocycles. The molecule has 2 nitrogen and oxygen atoms in total. The van der Waals surface area contributed by atoms with E-state index in [0.717, 1.165) is 32.1 Å². The Balaban J connectivity index is 2.03. The fraction of sp³-hybridized carbons (Fsp3) is 0.923. The predicted octanol–water partition coefficient (Wildman–Crippen LogP) is 3.27. The first-order valence-electron chi connectivity index (χ1n) is 6.11. The number of alkyl halides is 1. The summed E-state index contributed by atoms with van der Waals surface area (Å²) in [5.41, 5.74) is 0.282. The summed E-state index contributed by atoms with van der Waals surface area (Å²) in [5, 5.41) is 0. The van der Waals surface area contributed by atoms with E-state index in [1.54, 1.807) is 0 Å². The highest BCUT2D eigenvalue weighted by Crippen LogP contribution is 2.70. The number of carbonyl (C=O) groups excluding carboxylic acids is 1. The van der Waals surface area contributed by atoms with Crippen LogP contribution in [0.15, 0.2) is 0 Å². The number of halogens is 1. The Morgan fingerprint density at radius 1 is 1.00 bits per heavy atom. The van der Waals surface area contributed by atoms with Crippen LogP contribution in [0.2, 0.25) is 0 Å². The number of hydrogen-bond acceptors (Lipinski definition) is 2. The maximum atomic E-state index is 10.7. The van der Waals surface area contributed by atoms with Crippen LogP contribution in [-0.4, -0.2) is 16.9 Å². The zero-order chi connectivity index (χ0) is 11.7. The summed E-state index contributed by atoms with van der Waals surface area (Å²) in [6.07, 6.45) is 6.26. The van der Waals surface area contributed by atoms with Gasteiger partial charge in [0.05, 0.1) is 0 Å². The summed E-state index contributed by atoms with van der Waals surface area (Å²) >= 11 is 6.74. The summed E-state index contributed by atoms with van der Waals surface area (Å²) in [6, 6.07) is 0. The summed E-state index contributed by atoms with van der Waals surface area (Å²) in [6.45, 7) is 5.24.